The Labute approximate surface area is 92.9 Å². The van der Waals surface area contributed by atoms with E-state index in [0.29, 0.717) is 12.1 Å². The molecule has 0 aromatic heterocycles. The number of benzene rings is 1. The molecule has 1 aromatic carbocycles. The third-order valence-electron chi connectivity index (χ3n) is 3.29. The van der Waals surface area contributed by atoms with E-state index in [1.54, 1.807) is 11.1 Å². The smallest absolute Gasteiger partial charge is 0.0150 e. The fraction of sp³-hybridized carbons (Fsp3) is 0.571. The van der Waals surface area contributed by atoms with Gasteiger partial charge in [0, 0.05) is 12.1 Å². The van der Waals surface area contributed by atoms with Crippen molar-refractivity contribution in [2.75, 3.05) is 0 Å². The minimum Gasteiger partial charge on any atom is -0.311 e. The Kier molecular flexibility index (Phi) is 3.42. The predicted molar refractivity (Wildman–Crippen MR) is 65.1 cm³/mol. The summed E-state index contributed by atoms with van der Waals surface area (Å²) in [6.45, 7) is 4.55. The molecule has 0 heterocycles. The van der Waals surface area contributed by atoms with E-state index in [0.717, 1.165) is 0 Å². The van der Waals surface area contributed by atoms with E-state index in [4.69, 9.17) is 0 Å². The SMILES string of the molecule is CCCC(C)NC1Cc2ccccc2C1. The molecular formula is C14H21N. The molecule has 1 aliphatic rings. The molecule has 1 unspecified atom stereocenters. The maximum atomic E-state index is 3.73. The average molecular weight is 203 g/mol. The van der Waals surface area contributed by atoms with Crippen molar-refractivity contribution in [1.29, 1.82) is 0 Å². The van der Waals surface area contributed by atoms with Crippen molar-refractivity contribution in [3.63, 3.8) is 0 Å². The Morgan fingerprint density at radius 2 is 1.87 bits per heavy atom. The Hall–Kier alpha value is -0.820. The number of nitrogens with one attached hydrogen (secondary N) is 1. The van der Waals surface area contributed by atoms with Gasteiger partial charge in [0.05, 0.1) is 0 Å². The maximum absolute atomic E-state index is 3.73. The first-order valence-corrected chi connectivity index (χ1v) is 6.12. The number of fused-ring (bicyclic) bond motifs is 1. The Balaban J connectivity index is 1.90. The van der Waals surface area contributed by atoms with Crippen LogP contribution in [0.1, 0.15) is 37.8 Å². The molecule has 0 saturated heterocycles. The molecule has 0 aliphatic heterocycles. The highest BCUT2D eigenvalue weighted by Gasteiger charge is 2.21. The summed E-state index contributed by atoms with van der Waals surface area (Å²) in [6, 6.07) is 10.2. The summed E-state index contributed by atoms with van der Waals surface area (Å²) in [6.07, 6.45) is 4.98. The van der Waals surface area contributed by atoms with Gasteiger partial charge < -0.3 is 5.32 Å². The van der Waals surface area contributed by atoms with Crippen molar-refractivity contribution >= 4 is 0 Å². The molecule has 1 atom stereocenters. The molecule has 0 saturated carbocycles. The molecule has 1 N–H and O–H groups in total. The third-order valence-corrected chi connectivity index (χ3v) is 3.29. The summed E-state index contributed by atoms with van der Waals surface area (Å²) in [4.78, 5) is 0. The normalized spacial score (nSPS) is 17.7. The van der Waals surface area contributed by atoms with E-state index < -0.39 is 0 Å². The minimum absolute atomic E-state index is 0.661. The van der Waals surface area contributed by atoms with Crippen LogP contribution in [0.15, 0.2) is 24.3 Å². The van der Waals surface area contributed by atoms with Crippen LogP contribution in [0.4, 0.5) is 0 Å². The zero-order chi connectivity index (χ0) is 10.7. The maximum Gasteiger partial charge on any atom is 0.0150 e. The van der Waals surface area contributed by atoms with Gasteiger partial charge in [0.2, 0.25) is 0 Å². The van der Waals surface area contributed by atoms with Crippen molar-refractivity contribution in [2.45, 2.75) is 51.6 Å². The molecule has 2 rings (SSSR count). The highest BCUT2D eigenvalue weighted by molar-refractivity contribution is 5.33. The van der Waals surface area contributed by atoms with E-state index in [2.05, 4.69) is 43.4 Å². The molecule has 0 amide bonds. The molecule has 1 aliphatic carbocycles. The predicted octanol–water partition coefficient (Wildman–Crippen LogP) is 2.93. The van der Waals surface area contributed by atoms with E-state index >= 15 is 0 Å². The monoisotopic (exact) mass is 203 g/mol. The van der Waals surface area contributed by atoms with Crippen LogP contribution in [0.5, 0.6) is 0 Å². The van der Waals surface area contributed by atoms with Crippen LogP contribution in [0.3, 0.4) is 0 Å². The summed E-state index contributed by atoms with van der Waals surface area (Å²) >= 11 is 0. The Morgan fingerprint density at radius 1 is 1.27 bits per heavy atom. The lowest BCUT2D eigenvalue weighted by atomic mass is 10.1. The number of rotatable bonds is 4. The minimum atomic E-state index is 0.661. The summed E-state index contributed by atoms with van der Waals surface area (Å²) < 4.78 is 0. The highest BCUT2D eigenvalue weighted by Crippen LogP contribution is 2.22. The highest BCUT2D eigenvalue weighted by atomic mass is 14.9. The second-order valence-corrected chi connectivity index (χ2v) is 4.73. The van der Waals surface area contributed by atoms with Gasteiger partial charge in [-0.25, -0.2) is 0 Å². The fourth-order valence-electron chi connectivity index (χ4n) is 2.60. The van der Waals surface area contributed by atoms with Crippen LogP contribution in [0, 0.1) is 0 Å². The Bertz CT molecular complexity index is 294. The van der Waals surface area contributed by atoms with E-state index in [9.17, 15) is 0 Å². The van der Waals surface area contributed by atoms with Crippen molar-refractivity contribution < 1.29 is 0 Å². The van der Waals surface area contributed by atoms with Gasteiger partial charge in [-0.05, 0) is 37.3 Å². The van der Waals surface area contributed by atoms with Crippen LogP contribution in [-0.4, -0.2) is 12.1 Å². The lowest BCUT2D eigenvalue weighted by molar-refractivity contribution is 0.433. The molecule has 0 spiro atoms. The fourth-order valence-corrected chi connectivity index (χ4v) is 2.60. The molecule has 0 radical (unpaired) electrons. The third kappa shape index (κ3) is 2.60. The van der Waals surface area contributed by atoms with Crippen LogP contribution in [-0.2, 0) is 12.8 Å². The second kappa shape index (κ2) is 4.80. The van der Waals surface area contributed by atoms with Gasteiger partial charge in [-0.15, -0.1) is 0 Å². The summed E-state index contributed by atoms with van der Waals surface area (Å²) in [5.74, 6) is 0. The van der Waals surface area contributed by atoms with Gasteiger partial charge in [0.1, 0.15) is 0 Å². The van der Waals surface area contributed by atoms with E-state index in [1.807, 2.05) is 0 Å². The quantitative estimate of drug-likeness (QED) is 0.793. The average Bonchev–Trinajstić information content (AvgIpc) is 2.59. The molecule has 0 bridgehead atoms. The van der Waals surface area contributed by atoms with Gasteiger partial charge in [-0.3, -0.25) is 0 Å². The van der Waals surface area contributed by atoms with Crippen molar-refractivity contribution in [3.8, 4) is 0 Å². The van der Waals surface area contributed by atoms with Crippen molar-refractivity contribution in [1.82, 2.24) is 5.32 Å². The first-order chi connectivity index (χ1) is 7.29. The topological polar surface area (TPSA) is 12.0 Å². The molecule has 1 aromatic rings. The zero-order valence-electron chi connectivity index (χ0n) is 9.79. The number of hydrogen-bond acceptors (Lipinski definition) is 1. The molecule has 0 fully saturated rings. The number of hydrogen-bond donors (Lipinski definition) is 1. The van der Waals surface area contributed by atoms with Crippen LogP contribution < -0.4 is 5.32 Å². The Morgan fingerprint density at radius 3 is 2.40 bits per heavy atom. The van der Waals surface area contributed by atoms with Crippen LogP contribution >= 0.6 is 0 Å². The van der Waals surface area contributed by atoms with E-state index in [-0.39, 0.29) is 0 Å². The van der Waals surface area contributed by atoms with Crippen molar-refractivity contribution in [3.05, 3.63) is 35.4 Å². The van der Waals surface area contributed by atoms with Gasteiger partial charge in [-0.1, -0.05) is 37.6 Å². The molecule has 15 heavy (non-hydrogen) atoms. The van der Waals surface area contributed by atoms with E-state index in [1.165, 1.54) is 25.7 Å². The molecular weight excluding hydrogens is 182 g/mol. The van der Waals surface area contributed by atoms with Gasteiger partial charge in [-0.2, -0.15) is 0 Å². The van der Waals surface area contributed by atoms with Crippen molar-refractivity contribution in [2.24, 2.45) is 0 Å². The molecule has 1 nitrogen and oxygen atoms in total. The molecule has 1 heteroatoms. The zero-order valence-corrected chi connectivity index (χ0v) is 9.79. The van der Waals surface area contributed by atoms with Crippen LogP contribution in [0.25, 0.3) is 0 Å². The lowest BCUT2D eigenvalue weighted by Crippen LogP contribution is -2.36. The van der Waals surface area contributed by atoms with Gasteiger partial charge >= 0.3 is 0 Å². The molecule has 82 valence electrons. The standard InChI is InChI=1S/C14H21N/c1-3-6-11(2)15-14-9-12-7-4-5-8-13(12)10-14/h4-5,7-8,11,14-15H,3,6,9-10H2,1-2H3. The first-order valence-electron chi connectivity index (χ1n) is 6.12. The summed E-state index contributed by atoms with van der Waals surface area (Å²) in [7, 11) is 0. The van der Waals surface area contributed by atoms with Crippen LogP contribution in [0.2, 0.25) is 0 Å². The van der Waals surface area contributed by atoms with Gasteiger partial charge in [0.25, 0.3) is 0 Å². The lowest BCUT2D eigenvalue weighted by Gasteiger charge is -2.18. The largest absolute Gasteiger partial charge is 0.311 e. The second-order valence-electron chi connectivity index (χ2n) is 4.73. The van der Waals surface area contributed by atoms with Gasteiger partial charge in [0.15, 0.2) is 0 Å². The first kappa shape index (κ1) is 10.7. The summed E-state index contributed by atoms with van der Waals surface area (Å²) in [5, 5.41) is 3.73. The summed E-state index contributed by atoms with van der Waals surface area (Å²) in [5.41, 5.74) is 3.08.